The van der Waals surface area contributed by atoms with Gasteiger partial charge in [0.2, 0.25) is 5.91 Å². The number of carbonyl (C=O) groups is 1. The molecule has 33 heavy (non-hydrogen) atoms. The van der Waals surface area contributed by atoms with Gasteiger partial charge in [0.25, 0.3) is 10.0 Å². The van der Waals surface area contributed by atoms with Crippen LogP contribution in [0.3, 0.4) is 0 Å². The highest BCUT2D eigenvalue weighted by atomic mass is 35.5. The zero-order valence-corrected chi connectivity index (χ0v) is 19.2. The van der Waals surface area contributed by atoms with Crippen LogP contribution in [0, 0.1) is 5.82 Å². The minimum atomic E-state index is -4.03. The van der Waals surface area contributed by atoms with Crippen molar-refractivity contribution in [2.75, 3.05) is 24.3 Å². The molecule has 0 bridgehead atoms. The lowest BCUT2D eigenvalue weighted by atomic mass is 10.2. The van der Waals surface area contributed by atoms with E-state index in [2.05, 4.69) is 10.0 Å². The van der Waals surface area contributed by atoms with Crippen LogP contribution in [-0.4, -0.2) is 28.5 Å². The van der Waals surface area contributed by atoms with Crippen molar-refractivity contribution in [2.45, 2.75) is 4.90 Å². The van der Waals surface area contributed by atoms with Gasteiger partial charge in [-0.25, -0.2) is 12.8 Å². The fraction of sp³-hybridized carbons (Fsp3) is 0.0870. The Hall–Kier alpha value is -3.56. The van der Waals surface area contributed by atoms with E-state index in [4.69, 9.17) is 21.1 Å². The normalized spacial score (nSPS) is 11.3. The summed E-state index contributed by atoms with van der Waals surface area (Å²) in [4.78, 5) is 12.1. The Kier molecular flexibility index (Phi) is 7.57. The molecule has 10 heteroatoms. The third kappa shape index (κ3) is 6.24. The number of methoxy groups -OCH3 is 2. The van der Waals surface area contributed by atoms with E-state index in [1.807, 2.05) is 0 Å². The minimum absolute atomic E-state index is 0.0933. The summed E-state index contributed by atoms with van der Waals surface area (Å²) in [6.45, 7) is 0. The van der Waals surface area contributed by atoms with Gasteiger partial charge in [-0.15, -0.1) is 0 Å². The average molecular weight is 491 g/mol. The van der Waals surface area contributed by atoms with Crippen LogP contribution in [0.25, 0.3) is 6.08 Å². The Morgan fingerprint density at radius 3 is 2.21 bits per heavy atom. The van der Waals surface area contributed by atoms with Crippen LogP contribution in [0.4, 0.5) is 15.8 Å². The highest BCUT2D eigenvalue weighted by Crippen LogP contribution is 2.29. The Morgan fingerprint density at radius 1 is 0.939 bits per heavy atom. The van der Waals surface area contributed by atoms with E-state index in [0.29, 0.717) is 16.3 Å². The Bertz CT molecular complexity index is 1290. The summed E-state index contributed by atoms with van der Waals surface area (Å²) >= 11 is 5.84. The molecular formula is C23H20ClFN2O5S. The predicted octanol–water partition coefficient (Wildman–Crippen LogP) is 4.95. The summed E-state index contributed by atoms with van der Waals surface area (Å²) in [6.07, 6.45) is 2.62. The lowest BCUT2D eigenvalue weighted by molar-refractivity contribution is -0.111. The van der Waals surface area contributed by atoms with Gasteiger partial charge in [-0.2, -0.15) is 0 Å². The van der Waals surface area contributed by atoms with Crippen molar-refractivity contribution < 1.29 is 27.1 Å². The second-order valence-electron chi connectivity index (χ2n) is 6.69. The molecule has 0 aromatic heterocycles. The van der Waals surface area contributed by atoms with Crippen molar-refractivity contribution in [1.29, 1.82) is 0 Å². The van der Waals surface area contributed by atoms with Gasteiger partial charge in [-0.3, -0.25) is 9.52 Å². The largest absolute Gasteiger partial charge is 0.495 e. The van der Waals surface area contributed by atoms with Gasteiger partial charge in [-0.05, 0) is 66.2 Å². The molecule has 0 saturated carbocycles. The number of sulfonamides is 1. The van der Waals surface area contributed by atoms with Gasteiger partial charge in [-0.1, -0.05) is 17.7 Å². The molecule has 0 aliphatic carbocycles. The third-order valence-electron chi connectivity index (χ3n) is 4.42. The van der Waals surface area contributed by atoms with E-state index in [1.165, 1.54) is 68.8 Å². The zero-order valence-electron chi connectivity index (χ0n) is 17.6. The first-order chi connectivity index (χ1) is 15.7. The number of anilines is 2. The van der Waals surface area contributed by atoms with E-state index >= 15 is 0 Å². The molecule has 0 heterocycles. The lowest BCUT2D eigenvalue weighted by Crippen LogP contribution is -2.15. The predicted molar refractivity (Wildman–Crippen MR) is 126 cm³/mol. The van der Waals surface area contributed by atoms with Gasteiger partial charge >= 0.3 is 0 Å². The van der Waals surface area contributed by atoms with E-state index in [0.717, 1.165) is 0 Å². The average Bonchev–Trinajstić information content (AvgIpc) is 2.79. The van der Waals surface area contributed by atoms with Gasteiger partial charge in [0, 0.05) is 22.5 Å². The maximum absolute atomic E-state index is 13.8. The van der Waals surface area contributed by atoms with Crippen molar-refractivity contribution in [1.82, 2.24) is 0 Å². The molecule has 0 fully saturated rings. The molecule has 0 unspecified atom stereocenters. The fourth-order valence-corrected chi connectivity index (χ4v) is 4.22. The second kappa shape index (κ2) is 10.4. The van der Waals surface area contributed by atoms with Crippen LogP contribution in [0.15, 0.2) is 71.6 Å². The number of nitrogens with one attached hydrogen (secondary N) is 2. The number of hydrogen-bond donors (Lipinski definition) is 2. The van der Waals surface area contributed by atoms with Crippen LogP contribution in [0.5, 0.6) is 11.5 Å². The quantitative estimate of drug-likeness (QED) is 0.436. The molecule has 7 nitrogen and oxygen atoms in total. The van der Waals surface area contributed by atoms with Crippen LogP contribution in [-0.2, 0) is 14.8 Å². The Labute approximate surface area is 195 Å². The van der Waals surface area contributed by atoms with Crippen molar-refractivity contribution in [3.63, 3.8) is 0 Å². The number of benzene rings is 3. The van der Waals surface area contributed by atoms with Gasteiger partial charge in [0.15, 0.2) is 11.6 Å². The number of hydrogen-bond acceptors (Lipinski definition) is 5. The molecule has 172 valence electrons. The molecule has 3 rings (SSSR count). The number of amides is 1. The highest BCUT2D eigenvalue weighted by Gasteiger charge is 2.21. The molecule has 3 aromatic rings. The van der Waals surface area contributed by atoms with Crippen molar-refractivity contribution in [3.05, 3.63) is 83.1 Å². The number of rotatable bonds is 8. The van der Waals surface area contributed by atoms with Crippen molar-refractivity contribution in [3.8, 4) is 11.5 Å². The van der Waals surface area contributed by atoms with E-state index in [9.17, 15) is 17.6 Å². The first-order valence-corrected chi connectivity index (χ1v) is 11.4. The Balaban J connectivity index is 1.79. The van der Waals surface area contributed by atoms with Crippen molar-refractivity contribution in [2.24, 2.45) is 0 Å². The molecule has 0 aliphatic rings. The summed E-state index contributed by atoms with van der Waals surface area (Å²) < 4.78 is 52.1. The van der Waals surface area contributed by atoms with Crippen LogP contribution in [0.1, 0.15) is 5.56 Å². The van der Waals surface area contributed by atoms with Gasteiger partial charge in [0.05, 0.1) is 14.2 Å². The van der Waals surface area contributed by atoms with Crippen LogP contribution < -0.4 is 19.5 Å². The lowest BCUT2D eigenvalue weighted by Gasteiger charge is -2.13. The van der Waals surface area contributed by atoms with E-state index < -0.39 is 21.7 Å². The minimum Gasteiger partial charge on any atom is -0.495 e. The summed E-state index contributed by atoms with van der Waals surface area (Å²) in [5.41, 5.74) is 0.988. The van der Waals surface area contributed by atoms with Crippen LogP contribution in [0.2, 0.25) is 5.02 Å². The summed E-state index contributed by atoms with van der Waals surface area (Å²) in [5.74, 6) is -0.904. The Morgan fingerprint density at radius 2 is 1.58 bits per heavy atom. The molecule has 0 saturated heterocycles. The molecule has 3 aromatic carbocycles. The fourth-order valence-electron chi connectivity index (χ4n) is 2.83. The molecule has 0 aliphatic heterocycles. The number of ether oxygens (including phenoxy) is 2. The van der Waals surface area contributed by atoms with Gasteiger partial charge in [0.1, 0.15) is 10.6 Å². The van der Waals surface area contributed by atoms with Crippen LogP contribution >= 0.6 is 11.6 Å². The summed E-state index contributed by atoms with van der Waals surface area (Å²) in [7, 11) is -1.34. The smallest absolute Gasteiger partial charge is 0.265 e. The maximum atomic E-state index is 13.8. The van der Waals surface area contributed by atoms with Gasteiger partial charge < -0.3 is 14.8 Å². The highest BCUT2D eigenvalue weighted by molar-refractivity contribution is 7.92. The topological polar surface area (TPSA) is 93.7 Å². The maximum Gasteiger partial charge on any atom is 0.265 e. The summed E-state index contributed by atoms with van der Waals surface area (Å²) in [5, 5.41) is 3.04. The first-order valence-electron chi connectivity index (χ1n) is 9.51. The molecular weight excluding hydrogens is 471 g/mol. The molecule has 0 radical (unpaired) electrons. The molecule has 1 amide bonds. The van der Waals surface area contributed by atoms with E-state index in [1.54, 1.807) is 18.2 Å². The standard InChI is InChI=1S/C23H20ClFN2O5S/c1-31-20-10-3-15(13-19(20)25)4-12-23(28)26-18-9-11-21(32-2)22(14-18)33(29,30)27-17-7-5-16(24)6-8-17/h3-14,27H,1-2H3,(H,26,28)/b12-4+. The first kappa shape index (κ1) is 24.1. The number of halogens is 2. The molecule has 0 atom stereocenters. The SMILES string of the molecule is COc1ccc(/C=C/C(=O)Nc2ccc(OC)c(S(=O)(=O)Nc3ccc(Cl)cc3)c2)cc1F. The zero-order chi connectivity index (χ0) is 24.0. The third-order valence-corrected chi connectivity index (χ3v) is 6.07. The molecule has 0 spiro atoms. The monoisotopic (exact) mass is 490 g/mol. The van der Waals surface area contributed by atoms with E-state index in [-0.39, 0.29) is 22.1 Å². The summed E-state index contributed by atoms with van der Waals surface area (Å²) in [6, 6.07) is 14.6. The molecule has 2 N–H and O–H groups in total. The van der Waals surface area contributed by atoms with Crippen molar-refractivity contribution >= 4 is 45.0 Å². The number of carbonyl (C=O) groups excluding carboxylic acids is 1. The second-order valence-corrected chi connectivity index (χ2v) is 8.78.